The van der Waals surface area contributed by atoms with Crippen LogP contribution in [0.4, 0.5) is 0 Å². The van der Waals surface area contributed by atoms with E-state index in [1.54, 1.807) is 0 Å². The molecular formula is C10H9BrClN. The minimum Gasteiger partial charge on any atom is -0.358 e. The average molecular weight is 259 g/mol. The lowest BCUT2D eigenvalue weighted by molar-refractivity contribution is 1.07. The third kappa shape index (κ3) is 1.61. The number of hydrogen-bond acceptors (Lipinski definition) is 0. The second-order valence-corrected chi connectivity index (χ2v) is 4.26. The second-order valence-electron chi connectivity index (χ2n) is 3.00. The van der Waals surface area contributed by atoms with E-state index in [9.17, 15) is 0 Å². The summed E-state index contributed by atoms with van der Waals surface area (Å²) >= 11 is 9.37. The largest absolute Gasteiger partial charge is 0.358 e. The van der Waals surface area contributed by atoms with E-state index in [-0.39, 0.29) is 0 Å². The fourth-order valence-electron chi connectivity index (χ4n) is 1.38. The van der Waals surface area contributed by atoms with Crippen LogP contribution in [0.2, 0.25) is 5.02 Å². The maximum Gasteiger partial charge on any atom is 0.0569 e. The zero-order valence-electron chi connectivity index (χ0n) is 7.20. The molecular weight excluding hydrogens is 249 g/mol. The number of benzene rings is 1. The molecule has 2 rings (SSSR count). The molecule has 0 spiro atoms. The van der Waals surface area contributed by atoms with E-state index >= 15 is 0 Å². The normalized spacial score (nSPS) is 11.0. The molecule has 68 valence electrons. The first-order valence-corrected chi connectivity index (χ1v) is 5.34. The molecule has 0 aliphatic rings. The smallest absolute Gasteiger partial charge is 0.0569 e. The first-order chi connectivity index (χ1) is 6.20. The molecule has 1 heterocycles. The summed E-state index contributed by atoms with van der Waals surface area (Å²) < 4.78 is 0.948. The van der Waals surface area contributed by atoms with Gasteiger partial charge >= 0.3 is 0 Å². The van der Waals surface area contributed by atoms with Crippen LogP contribution in [0, 0.1) is 0 Å². The Labute approximate surface area is 90.2 Å². The van der Waals surface area contributed by atoms with Gasteiger partial charge in [-0.05, 0) is 40.5 Å². The maximum absolute atomic E-state index is 5.97. The Morgan fingerprint density at radius 2 is 2.15 bits per heavy atom. The Kier molecular flexibility index (Phi) is 2.35. The topological polar surface area (TPSA) is 15.8 Å². The summed E-state index contributed by atoms with van der Waals surface area (Å²) in [4.78, 5) is 3.31. The van der Waals surface area contributed by atoms with Crippen LogP contribution in [0.1, 0.15) is 12.6 Å². The van der Waals surface area contributed by atoms with Crippen molar-refractivity contribution in [3.63, 3.8) is 0 Å². The number of aryl methyl sites for hydroxylation is 1. The van der Waals surface area contributed by atoms with Crippen LogP contribution in [-0.4, -0.2) is 4.98 Å². The zero-order valence-corrected chi connectivity index (χ0v) is 9.54. The standard InChI is InChI=1S/C10H9BrClN/c1-2-7-3-6-4-8(11)9(12)5-10(6)13-7/h3-5,13H,2H2,1H3. The zero-order chi connectivity index (χ0) is 9.42. The molecule has 0 amide bonds. The molecule has 1 N–H and O–H groups in total. The highest BCUT2D eigenvalue weighted by Crippen LogP contribution is 2.28. The minimum absolute atomic E-state index is 0.747. The molecule has 0 aliphatic carbocycles. The van der Waals surface area contributed by atoms with Crippen LogP contribution >= 0.6 is 27.5 Å². The van der Waals surface area contributed by atoms with Gasteiger partial charge in [0.2, 0.25) is 0 Å². The lowest BCUT2D eigenvalue weighted by Gasteiger charge is -1.94. The summed E-state index contributed by atoms with van der Waals surface area (Å²) in [6, 6.07) is 6.13. The summed E-state index contributed by atoms with van der Waals surface area (Å²) in [7, 11) is 0. The molecule has 0 aliphatic heterocycles. The maximum atomic E-state index is 5.97. The molecule has 3 heteroatoms. The molecule has 1 aromatic heterocycles. The fraction of sp³-hybridized carbons (Fsp3) is 0.200. The average Bonchev–Trinajstić information content (AvgIpc) is 2.48. The fourth-order valence-corrected chi connectivity index (χ4v) is 1.90. The lowest BCUT2D eigenvalue weighted by Crippen LogP contribution is -1.75. The Hall–Kier alpha value is -0.470. The van der Waals surface area contributed by atoms with E-state index in [1.165, 1.54) is 11.1 Å². The molecule has 0 radical (unpaired) electrons. The molecule has 0 saturated carbocycles. The van der Waals surface area contributed by atoms with Gasteiger partial charge in [-0.2, -0.15) is 0 Å². The number of hydrogen-bond donors (Lipinski definition) is 1. The molecule has 0 unspecified atom stereocenters. The van der Waals surface area contributed by atoms with Crippen molar-refractivity contribution >= 4 is 38.4 Å². The van der Waals surface area contributed by atoms with Gasteiger partial charge in [-0.1, -0.05) is 18.5 Å². The van der Waals surface area contributed by atoms with Gasteiger partial charge in [0, 0.05) is 21.1 Å². The van der Waals surface area contributed by atoms with Crippen molar-refractivity contribution in [2.75, 3.05) is 0 Å². The van der Waals surface area contributed by atoms with Crippen molar-refractivity contribution in [1.82, 2.24) is 4.98 Å². The van der Waals surface area contributed by atoms with Crippen LogP contribution in [0.5, 0.6) is 0 Å². The number of rotatable bonds is 1. The van der Waals surface area contributed by atoms with E-state index < -0.39 is 0 Å². The molecule has 1 aromatic carbocycles. The van der Waals surface area contributed by atoms with Crippen molar-refractivity contribution in [2.45, 2.75) is 13.3 Å². The summed E-state index contributed by atoms with van der Waals surface area (Å²) in [6.07, 6.45) is 1.02. The summed E-state index contributed by atoms with van der Waals surface area (Å²) in [5, 5.41) is 1.95. The summed E-state index contributed by atoms with van der Waals surface area (Å²) in [5.74, 6) is 0. The quantitative estimate of drug-likeness (QED) is 0.791. The molecule has 0 saturated heterocycles. The first-order valence-electron chi connectivity index (χ1n) is 4.17. The molecule has 0 bridgehead atoms. The monoisotopic (exact) mass is 257 g/mol. The lowest BCUT2D eigenvalue weighted by atomic mass is 10.2. The summed E-state index contributed by atoms with van der Waals surface area (Å²) in [6.45, 7) is 2.13. The van der Waals surface area contributed by atoms with Crippen LogP contribution in [-0.2, 0) is 6.42 Å². The number of aromatic nitrogens is 1. The van der Waals surface area contributed by atoms with Gasteiger partial charge in [0.25, 0.3) is 0 Å². The Morgan fingerprint density at radius 3 is 2.85 bits per heavy atom. The van der Waals surface area contributed by atoms with Crippen LogP contribution in [0.3, 0.4) is 0 Å². The van der Waals surface area contributed by atoms with Crippen LogP contribution in [0.15, 0.2) is 22.7 Å². The number of nitrogens with one attached hydrogen (secondary N) is 1. The number of aromatic amines is 1. The second kappa shape index (κ2) is 3.35. The first kappa shape index (κ1) is 9.10. The number of halogens is 2. The third-order valence-electron chi connectivity index (χ3n) is 2.10. The van der Waals surface area contributed by atoms with E-state index in [4.69, 9.17) is 11.6 Å². The van der Waals surface area contributed by atoms with Crippen molar-refractivity contribution in [3.05, 3.63) is 33.4 Å². The van der Waals surface area contributed by atoms with E-state index in [1.807, 2.05) is 12.1 Å². The van der Waals surface area contributed by atoms with Gasteiger partial charge in [0.15, 0.2) is 0 Å². The van der Waals surface area contributed by atoms with Crippen LogP contribution < -0.4 is 0 Å². The van der Waals surface area contributed by atoms with Gasteiger partial charge in [-0.15, -0.1) is 0 Å². The van der Waals surface area contributed by atoms with Gasteiger partial charge in [-0.25, -0.2) is 0 Å². The molecule has 1 nitrogen and oxygen atoms in total. The highest BCUT2D eigenvalue weighted by atomic mass is 79.9. The number of fused-ring (bicyclic) bond motifs is 1. The van der Waals surface area contributed by atoms with E-state index in [0.717, 1.165) is 21.4 Å². The minimum atomic E-state index is 0.747. The van der Waals surface area contributed by atoms with Crippen LogP contribution in [0.25, 0.3) is 10.9 Å². The van der Waals surface area contributed by atoms with Gasteiger partial charge in [-0.3, -0.25) is 0 Å². The highest BCUT2D eigenvalue weighted by molar-refractivity contribution is 9.10. The van der Waals surface area contributed by atoms with E-state index in [2.05, 4.69) is 33.9 Å². The highest BCUT2D eigenvalue weighted by Gasteiger charge is 2.03. The van der Waals surface area contributed by atoms with Crippen molar-refractivity contribution in [1.29, 1.82) is 0 Å². The summed E-state index contributed by atoms with van der Waals surface area (Å²) in [5.41, 5.74) is 2.34. The Balaban J connectivity index is 2.70. The Bertz CT molecular complexity index is 408. The van der Waals surface area contributed by atoms with Gasteiger partial charge < -0.3 is 4.98 Å². The molecule has 13 heavy (non-hydrogen) atoms. The van der Waals surface area contributed by atoms with Gasteiger partial charge in [0.1, 0.15) is 0 Å². The molecule has 2 aromatic rings. The predicted molar refractivity (Wildman–Crippen MR) is 60.4 cm³/mol. The van der Waals surface area contributed by atoms with E-state index in [0.29, 0.717) is 0 Å². The van der Waals surface area contributed by atoms with Crippen molar-refractivity contribution in [3.8, 4) is 0 Å². The van der Waals surface area contributed by atoms with Gasteiger partial charge in [0.05, 0.1) is 5.02 Å². The number of H-pyrrole nitrogens is 1. The third-order valence-corrected chi connectivity index (χ3v) is 3.30. The molecule has 0 fully saturated rings. The SMILES string of the molecule is CCc1cc2cc(Br)c(Cl)cc2[nH]1. The Morgan fingerprint density at radius 1 is 1.38 bits per heavy atom. The van der Waals surface area contributed by atoms with Crippen molar-refractivity contribution in [2.24, 2.45) is 0 Å². The predicted octanol–water partition coefficient (Wildman–Crippen LogP) is 4.15. The van der Waals surface area contributed by atoms with Crippen molar-refractivity contribution < 1.29 is 0 Å². The molecule has 0 atom stereocenters.